The van der Waals surface area contributed by atoms with E-state index < -0.39 is 0 Å². The van der Waals surface area contributed by atoms with E-state index in [0.29, 0.717) is 10.2 Å². The first-order chi connectivity index (χ1) is 13.5. The van der Waals surface area contributed by atoms with Gasteiger partial charge in [-0.15, -0.1) is 22.0 Å². The molecule has 2 aromatic carbocycles. The number of thioether (sulfide) groups is 1. The average molecular weight is 430 g/mol. The van der Waals surface area contributed by atoms with Crippen LogP contribution in [0.5, 0.6) is 0 Å². The first-order valence-electron chi connectivity index (χ1n) is 8.50. The van der Waals surface area contributed by atoms with Gasteiger partial charge in [-0.1, -0.05) is 35.6 Å². The van der Waals surface area contributed by atoms with Gasteiger partial charge in [0.15, 0.2) is 5.11 Å². The Hall–Kier alpha value is -2.49. The minimum Gasteiger partial charge on any atom is -0.332 e. The van der Waals surface area contributed by atoms with Gasteiger partial charge in [0.2, 0.25) is 11.0 Å². The average Bonchev–Trinajstić information content (AvgIpc) is 3.07. The van der Waals surface area contributed by atoms with Gasteiger partial charge in [0.1, 0.15) is 5.01 Å². The molecule has 1 heterocycles. The largest absolute Gasteiger partial charge is 0.332 e. The number of benzene rings is 2. The Morgan fingerprint density at radius 1 is 1.04 bits per heavy atom. The van der Waals surface area contributed by atoms with E-state index in [1.165, 1.54) is 23.1 Å². The summed E-state index contributed by atoms with van der Waals surface area (Å²) < 4.78 is 0. The van der Waals surface area contributed by atoms with Crippen molar-refractivity contribution in [2.45, 2.75) is 24.0 Å². The van der Waals surface area contributed by atoms with E-state index in [-0.39, 0.29) is 11.2 Å². The fourth-order valence-corrected chi connectivity index (χ4v) is 4.03. The fourth-order valence-electron chi connectivity index (χ4n) is 2.27. The maximum atomic E-state index is 12.4. The van der Waals surface area contributed by atoms with Crippen molar-refractivity contribution in [3.8, 4) is 0 Å². The summed E-state index contributed by atoms with van der Waals surface area (Å²) in [5, 5.41) is 18.5. The number of carbonyl (C=O) groups excluding carboxylic acids is 1. The van der Waals surface area contributed by atoms with Crippen molar-refractivity contribution in [1.82, 2.24) is 10.2 Å². The van der Waals surface area contributed by atoms with Gasteiger partial charge in [0.05, 0.1) is 5.25 Å². The number of hydrogen-bond acceptors (Lipinski definition) is 6. The Kier molecular flexibility index (Phi) is 6.96. The van der Waals surface area contributed by atoms with Gasteiger partial charge in [0.25, 0.3) is 0 Å². The highest BCUT2D eigenvalue weighted by atomic mass is 32.2. The fraction of sp³-hybridized carbons (Fsp3) is 0.158. The predicted octanol–water partition coefficient (Wildman–Crippen LogP) is 4.77. The minimum atomic E-state index is -0.283. The van der Waals surface area contributed by atoms with E-state index in [2.05, 4.69) is 26.1 Å². The number of rotatable bonds is 6. The molecule has 28 heavy (non-hydrogen) atoms. The summed E-state index contributed by atoms with van der Waals surface area (Å²) in [6.45, 7) is 3.71. The summed E-state index contributed by atoms with van der Waals surface area (Å²) in [6.07, 6.45) is 0. The topological polar surface area (TPSA) is 78.9 Å². The molecule has 0 aliphatic heterocycles. The summed E-state index contributed by atoms with van der Waals surface area (Å²) in [4.78, 5) is 13.3. The van der Waals surface area contributed by atoms with E-state index >= 15 is 0 Å². The number of carbonyl (C=O) groups is 1. The molecule has 1 amide bonds. The van der Waals surface area contributed by atoms with Crippen LogP contribution in [0.4, 0.5) is 16.5 Å². The predicted molar refractivity (Wildman–Crippen MR) is 121 cm³/mol. The molecule has 1 atom stereocenters. The molecule has 0 bridgehead atoms. The van der Waals surface area contributed by atoms with Crippen molar-refractivity contribution in [3.05, 3.63) is 59.6 Å². The second kappa shape index (κ2) is 9.63. The standard InChI is InChI=1S/C19H19N5OS3/c1-12(17(25)22-19-24-23-13(2)28-19)27-16-10-6-9-15(11-16)21-18(26)20-14-7-4-3-5-8-14/h3-12H,1-2H3,(H2,20,21,26)(H,22,24,25). The zero-order valence-electron chi connectivity index (χ0n) is 15.3. The number of aryl methyl sites for hydroxylation is 1. The number of para-hydroxylation sites is 1. The van der Waals surface area contributed by atoms with Crippen molar-refractivity contribution in [3.63, 3.8) is 0 Å². The van der Waals surface area contributed by atoms with Crippen molar-refractivity contribution >= 4 is 62.8 Å². The molecule has 0 fully saturated rings. The normalized spacial score (nSPS) is 11.5. The van der Waals surface area contributed by atoms with Gasteiger partial charge in [-0.3, -0.25) is 10.1 Å². The number of amides is 1. The summed E-state index contributed by atoms with van der Waals surface area (Å²) in [5.41, 5.74) is 1.77. The van der Waals surface area contributed by atoms with Gasteiger partial charge < -0.3 is 10.6 Å². The molecule has 3 rings (SSSR count). The van der Waals surface area contributed by atoms with E-state index in [1.54, 1.807) is 0 Å². The minimum absolute atomic E-state index is 0.110. The smallest absolute Gasteiger partial charge is 0.239 e. The monoisotopic (exact) mass is 429 g/mol. The molecule has 6 nitrogen and oxygen atoms in total. The zero-order valence-corrected chi connectivity index (χ0v) is 17.8. The third-order valence-electron chi connectivity index (χ3n) is 3.56. The number of anilines is 3. The lowest BCUT2D eigenvalue weighted by Crippen LogP contribution is -2.22. The van der Waals surface area contributed by atoms with Crippen molar-refractivity contribution in [1.29, 1.82) is 0 Å². The van der Waals surface area contributed by atoms with Crippen LogP contribution in [-0.4, -0.2) is 26.5 Å². The van der Waals surface area contributed by atoms with Crippen molar-refractivity contribution in [2.75, 3.05) is 16.0 Å². The molecule has 1 aromatic heterocycles. The molecule has 1 unspecified atom stereocenters. The molecule has 9 heteroatoms. The van der Waals surface area contributed by atoms with E-state index in [0.717, 1.165) is 21.3 Å². The first-order valence-corrected chi connectivity index (χ1v) is 10.6. The number of nitrogens with one attached hydrogen (secondary N) is 3. The van der Waals surface area contributed by atoms with Gasteiger partial charge in [0, 0.05) is 16.3 Å². The molecular weight excluding hydrogens is 410 g/mol. The Balaban J connectivity index is 1.56. The number of hydrogen-bond donors (Lipinski definition) is 3. The van der Waals surface area contributed by atoms with Crippen LogP contribution in [-0.2, 0) is 4.79 Å². The third kappa shape index (κ3) is 6.01. The zero-order chi connectivity index (χ0) is 19.9. The highest BCUT2D eigenvalue weighted by Crippen LogP contribution is 2.27. The summed E-state index contributed by atoms with van der Waals surface area (Å²) in [7, 11) is 0. The molecule has 3 N–H and O–H groups in total. The van der Waals surface area contributed by atoms with Crippen molar-refractivity contribution in [2.24, 2.45) is 0 Å². The van der Waals surface area contributed by atoms with Crippen LogP contribution in [0.3, 0.4) is 0 Å². The van der Waals surface area contributed by atoms with Gasteiger partial charge >= 0.3 is 0 Å². The van der Waals surface area contributed by atoms with Crippen LogP contribution in [0.1, 0.15) is 11.9 Å². The van der Waals surface area contributed by atoms with Gasteiger partial charge in [-0.2, -0.15) is 0 Å². The summed E-state index contributed by atoms with van der Waals surface area (Å²) >= 11 is 8.18. The SMILES string of the molecule is Cc1nnc(NC(=O)C(C)Sc2cccc(NC(=S)Nc3ccccc3)c2)s1. The number of nitrogens with zero attached hydrogens (tertiary/aromatic N) is 2. The molecule has 0 radical (unpaired) electrons. The van der Waals surface area contributed by atoms with E-state index in [1.807, 2.05) is 68.4 Å². The van der Waals surface area contributed by atoms with E-state index in [9.17, 15) is 4.79 Å². The maximum absolute atomic E-state index is 12.4. The molecule has 144 valence electrons. The molecule has 0 aliphatic carbocycles. The third-order valence-corrected chi connectivity index (χ3v) is 5.61. The van der Waals surface area contributed by atoms with Crippen LogP contribution >= 0.6 is 35.3 Å². The molecule has 0 saturated carbocycles. The summed E-state index contributed by atoms with van der Waals surface area (Å²) in [6, 6.07) is 17.5. The Morgan fingerprint density at radius 2 is 1.75 bits per heavy atom. The molecule has 0 saturated heterocycles. The van der Waals surface area contributed by atoms with Gasteiger partial charge in [-0.25, -0.2) is 0 Å². The summed E-state index contributed by atoms with van der Waals surface area (Å²) in [5.74, 6) is -0.110. The van der Waals surface area contributed by atoms with Crippen LogP contribution in [0.25, 0.3) is 0 Å². The Morgan fingerprint density at radius 3 is 2.46 bits per heavy atom. The van der Waals surface area contributed by atoms with Crippen LogP contribution < -0.4 is 16.0 Å². The van der Waals surface area contributed by atoms with Crippen molar-refractivity contribution < 1.29 is 4.79 Å². The lowest BCUT2D eigenvalue weighted by Gasteiger charge is -2.13. The van der Waals surface area contributed by atoms with Crippen LogP contribution in [0, 0.1) is 6.92 Å². The lowest BCUT2D eigenvalue weighted by atomic mass is 10.3. The highest BCUT2D eigenvalue weighted by Gasteiger charge is 2.16. The van der Waals surface area contributed by atoms with Gasteiger partial charge in [-0.05, 0) is 56.4 Å². The second-order valence-electron chi connectivity index (χ2n) is 5.85. The Labute approximate surface area is 177 Å². The van der Waals surface area contributed by atoms with Crippen LogP contribution in [0.15, 0.2) is 59.5 Å². The molecule has 0 spiro atoms. The molecule has 3 aromatic rings. The molecule has 0 aliphatic rings. The van der Waals surface area contributed by atoms with Crippen LogP contribution in [0.2, 0.25) is 0 Å². The molecular formula is C19H19N5OS3. The quantitative estimate of drug-likeness (QED) is 0.385. The second-order valence-corrected chi connectivity index (χ2v) is 8.85. The lowest BCUT2D eigenvalue weighted by molar-refractivity contribution is -0.115. The maximum Gasteiger partial charge on any atom is 0.239 e. The van der Waals surface area contributed by atoms with E-state index in [4.69, 9.17) is 12.2 Å². The first kappa shape index (κ1) is 20.2. The number of aromatic nitrogens is 2. The highest BCUT2D eigenvalue weighted by molar-refractivity contribution is 8.00. The number of thiocarbonyl (C=S) groups is 1. The Bertz CT molecular complexity index is 961.